The van der Waals surface area contributed by atoms with Gasteiger partial charge in [0, 0.05) is 10.8 Å². The Hall–Kier alpha value is -6.40. The number of hydrogen-bond acceptors (Lipinski definition) is 5. The highest BCUT2D eigenvalue weighted by Gasteiger charge is 2.42. The Kier molecular flexibility index (Phi) is 14.6. The molecule has 0 aromatic heterocycles. The summed E-state index contributed by atoms with van der Waals surface area (Å²) in [4.78, 5) is 0. The van der Waals surface area contributed by atoms with Gasteiger partial charge in [-0.25, -0.2) is 0 Å². The van der Waals surface area contributed by atoms with Gasteiger partial charge >= 0.3 is 0 Å². The molecule has 0 fully saturated rings. The molecule has 0 N–H and O–H groups in total. The highest BCUT2D eigenvalue weighted by atomic mass is 16.5. The number of rotatable bonds is 20. The molecule has 0 aliphatic rings. The van der Waals surface area contributed by atoms with E-state index in [0.717, 1.165) is 69.6 Å². The number of para-hydroxylation sites is 2. The van der Waals surface area contributed by atoms with Gasteiger partial charge in [0.1, 0.15) is 47.7 Å². The molecule has 6 rings (SSSR count). The second kappa shape index (κ2) is 20.3. The fourth-order valence-electron chi connectivity index (χ4n) is 7.54. The zero-order valence-corrected chi connectivity index (χ0v) is 34.6. The molecule has 0 spiro atoms. The quantitative estimate of drug-likeness (QED) is 0.0722. The molecular formula is C54H54O5. The summed E-state index contributed by atoms with van der Waals surface area (Å²) < 4.78 is 32.0. The van der Waals surface area contributed by atoms with E-state index in [0.29, 0.717) is 12.8 Å². The van der Waals surface area contributed by atoms with E-state index in [4.69, 9.17) is 36.5 Å². The summed E-state index contributed by atoms with van der Waals surface area (Å²) in [6.07, 6.45) is 13.4. The molecule has 300 valence electrons. The molecule has 6 aromatic carbocycles. The lowest BCUT2D eigenvalue weighted by atomic mass is 9.71. The first kappa shape index (κ1) is 42.2. The minimum Gasteiger partial charge on any atom is -0.481 e. The molecule has 4 atom stereocenters. The van der Waals surface area contributed by atoms with Crippen molar-refractivity contribution < 1.29 is 23.7 Å². The highest BCUT2D eigenvalue weighted by Crippen LogP contribution is 2.42. The van der Waals surface area contributed by atoms with Gasteiger partial charge in [-0.3, -0.25) is 0 Å². The Balaban J connectivity index is 1.43. The van der Waals surface area contributed by atoms with Crippen molar-refractivity contribution in [3.63, 3.8) is 0 Å². The number of ether oxygens (including phenoxy) is 5. The fourth-order valence-corrected chi connectivity index (χ4v) is 7.54. The van der Waals surface area contributed by atoms with Gasteiger partial charge in [0.05, 0.1) is 12.2 Å². The van der Waals surface area contributed by atoms with Crippen LogP contribution in [0.4, 0.5) is 0 Å². The van der Waals surface area contributed by atoms with Crippen LogP contribution >= 0.6 is 0 Å². The number of terminal acetylenes is 2. The monoisotopic (exact) mass is 782 g/mol. The lowest BCUT2D eigenvalue weighted by Gasteiger charge is -2.45. The van der Waals surface area contributed by atoms with Crippen molar-refractivity contribution >= 4 is 0 Å². The van der Waals surface area contributed by atoms with Crippen LogP contribution in [0.5, 0.6) is 34.5 Å². The minimum absolute atomic E-state index is 0.212. The maximum absolute atomic E-state index is 7.79. The largest absolute Gasteiger partial charge is 0.481 e. The maximum atomic E-state index is 7.79. The first-order valence-electron chi connectivity index (χ1n) is 20.4. The molecule has 0 saturated carbocycles. The summed E-state index contributed by atoms with van der Waals surface area (Å²) in [6.45, 7) is 9.52. The van der Waals surface area contributed by atoms with Crippen molar-refractivity contribution in [1.82, 2.24) is 0 Å². The van der Waals surface area contributed by atoms with Gasteiger partial charge in [-0.15, -0.1) is 12.8 Å². The fraction of sp³-hybridized carbons (Fsp3) is 0.259. The van der Waals surface area contributed by atoms with Gasteiger partial charge in [-0.05, 0) is 121 Å². The van der Waals surface area contributed by atoms with E-state index >= 15 is 0 Å². The minimum atomic E-state index is -0.418. The average Bonchev–Trinajstić information content (AvgIpc) is 3.28. The standard InChI is InChI=1S/C54H54O5/c1-7-35-55-45-31-27-43(28-32-45)53(5,9-3)51(39-41-19-17-25-49(37-41)57-47-21-13-11-14-22-47)59-52(54(6,10-4)44-29-33-46(34-30-44)56-36-8-2)40-42-20-18-26-50(38-42)58-48-23-15-12-16-24-48/h1-2,11-34,37-38,51-52H,9-10,35-36,39-40H2,3-6H3. The van der Waals surface area contributed by atoms with Gasteiger partial charge in [0.25, 0.3) is 0 Å². The Labute approximate surface area is 351 Å². The third-order valence-corrected chi connectivity index (χ3v) is 11.5. The highest BCUT2D eigenvalue weighted by molar-refractivity contribution is 5.39. The lowest BCUT2D eigenvalue weighted by Crippen LogP contribution is -2.48. The van der Waals surface area contributed by atoms with E-state index in [1.165, 1.54) is 0 Å². The summed E-state index contributed by atoms with van der Waals surface area (Å²) in [5, 5.41) is 0. The van der Waals surface area contributed by atoms with Crippen LogP contribution in [0.1, 0.15) is 62.8 Å². The SMILES string of the molecule is C#CCOc1ccc(C(C)(CC)C(Cc2cccc(Oc3ccccc3)c2)OC(Cc2cccc(Oc3ccccc3)c2)C(C)(CC)c2ccc(OCC#C)cc2)cc1. The van der Waals surface area contributed by atoms with Crippen LogP contribution < -0.4 is 18.9 Å². The van der Waals surface area contributed by atoms with Crippen molar-refractivity contribution in [2.75, 3.05) is 13.2 Å². The lowest BCUT2D eigenvalue weighted by molar-refractivity contribution is -0.0840. The number of benzene rings is 6. The molecule has 4 unspecified atom stereocenters. The normalized spacial score (nSPS) is 14.0. The molecule has 0 radical (unpaired) electrons. The van der Waals surface area contributed by atoms with Gasteiger partial charge in [0.2, 0.25) is 0 Å². The van der Waals surface area contributed by atoms with Crippen LogP contribution in [0.15, 0.2) is 158 Å². The summed E-state index contributed by atoms with van der Waals surface area (Å²) in [7, 11) is 0. The van der Waals surface area contributed by atoms with Gasteiger partial charge < -0.3 is 23.7 Å². The van der Waals surface area contributed by atoms with E-state index in [-0.39, 0.29) is 25.4 Å². The first-order valence-corrected chi connectivity index (χ1v) is 20.4. The van der Waals surface area contributed by atoms with E-state index in [1.807, 2.05) is 97.1 Å². The van der Waals surface area contributed by atoms with E-state index in [9.17, 15) is 0 Å². The Morgan fingerprint density at radius 3 is 1.19 bits per heavy atom. The van der Waals surface area contributed by atoms with Gasteiger partial charge in [-0.1, -0.05) is 124 Å². The Bertz CT molecular complexity index is 2120. The molecule has 0 aliphatic heterocycles. The zero-order valence-electron chi connectivity index (χ0n) is 34.6. The van der Waals surface area contributed by atoms with Gasteiger partial charge in [-0.2, -0.15) is 0 Å². The summed E-state index contributed by atoms with van der Waals surface area (Å²) in [6, 6.07) is 53.0. The van der Waals surface area contributed by atoms with E-state index in [2.05, 4.69) is 100 Å². The molecule has 0 aliphatic carbocycles. The Morgan fingerprint density at radius 1 is 0.458 bits per heavy atom. The van der Waals surface area contributed by atoms with Crippen molar-refractivity contribution in [1.29, 1.82) is 0 Å². The third kappa shape index (κ3) is 11.0. The maximum Gasteiger partial charge on any atom is 0.148 e. The molecule has 0 amide bonds. The predicted molar refractivity (Wildman–Crippen MR) is 239 cm³/mol. The summed E-state index contributed by atoms with van der Waals surface area (Å²) >= 11 is 0. The van der Waals surface area contributed by atoms with Crippen molar-refractivity contribution in [2.45, 2.75) is 76.4 Å². The van der Waals surface area contributed by atoms with E-state index < -0.39 is 10.8 Å². The number of hydrogen-bond donors (Lipinski definition) is 0. The van der Waals surface area contributed by atoms with Crippen molar-refractivity contribution in [3.05, 3.63) is 180 Å². The molecule has 5 nitrogen and oxygen atoms in total. The van der Waals surface area contributed by atoms with Crippen LogP contribution in [0.3, 0.4) is 0 Å². The molecule has 0 bridgehead atoms. The molecule has 0 heterocycles. The van der Waals surface area contributed by atoms with Crippen LogP contribution in [-0.2, 0) is 28.4 Å². The molecule has 5 heteroatoms. The molecule has 59 heavy (non-hydrogen) atoms. The third-order valence-electron chi connectivity index (χ3n) is 11.5. The van der Waals surface area contributed by atoms with Crippen LogP contribution in [-0.4, -0.2) is 25.4 Å². The first-order chi connectivity index (χ1) is 28.8. The summed E-state index contributed by atoms with van der Waals surface area (Å²) in [5.74, 6) is 9.72. The topological polar surface area (TPSA) is 46.2 Å². The predicted octanol–water partition coefficient (Wildman–Crippen LogP) is 12.6. The Morgan fingerprint density at radius 2 is 0.831 bits per heavy atom. The summed E-state index contributed by atoms with van der Waals surface area (Å²) in [5.41, 5.74) is 3.70. The zero-order chi connectivity index (χ0) is 41.5. The smallest absolute Gasteiger partial charge is 0.148 e. The van der Waals surface area contributed by atoms with Crippen LogP contribution in [0.25, 0.3) is 0 Å². The molecule has 0 saturated heterocycles. The molecule has 6 aromatic rings. The average molecular weight is 783 g/mol. The van der Waals surface area contributed by atoms with Gasteiger partial charge in [0.15, 0.2) is 0 Å². The van der Waals surface area contributed by atoms with Crippen LogP contribution in [0, 0.1) is 24.7 Å². The van der Waals surface area contributed by atoms with Crippen molar-refractivity contribution in [2.24, 2.45) is 0 Å². The van der Waals surface area contributed by atoms with Crippen LogP contribution in [0.2, 0.25) is 0 Å². The van der Waals surface area contributed by atoms with E-state index in [1.54, 1.807) is 0 Å². The molecular weight excluding hydrogens is 729 g/mol. The second-order valence-corrected chi connectivity index (χ2v) is 15.2. The van der Waals surface area contributed by atoms with Crippen molar-refractivity contribution in [3.8, 4) is 59.2 Å². The second-order valence-electron chi connectivity index (χ2n) is 15.2.